The van der Waals surface area contributed by atoms with Gasteiger partial charge in [-0.15, -0.1) is 11.8 Å². The summed E-state index contributed by atoms with van der Waals surface area (Å²) in [6, 6.07) is 5.18. The standard InChI is InChI=1S/C20H17F2N7O2S/c1-10-9-32-16-5-11(15(31-20(21)22)6-13(16)26-10)17-14(8-24-28-17)27-19(30)12-7-25-29-4-2-3-23-18(12)29/h2-8,10,20,26H,9H2,1H3,(H,24,28)(H,27,30). The SMILES string of the molecule is CC1CSc2cc(-c3[nH]ncc3NC(=O)c3cnn4cccnc34)c(OC(F)F)cc2N1. The second-order valence-electron chi connectivity index (χ2n) is 7.14. The normalized spacial score (nSPS) is 15.4. The van der Waals surface area contributed by atoms with Gasteiger partial charge < -0.3 is 15.4 Å². The lowest BCUT2D eigenvalue weighted by Crippen LogP contribution is -2.22. The maximum absolute atomic E-state index is 13.1. The molecule has 0 radical (unpaired) electrons. The van der Waals surface area contributed by atoms with Crippen molar-refractivity contribution in [3.05, 3.63) is 48.5 Å². The number of nitrogens with one attached hydrogen (secondary N) is 3. The van der Waals surface area contributed by atoms with Crippen LogP contribution in [0.5, 0.6) is 5.75 Å². The van der Waals surface area contributed by atoms with E-state index in [2.05, 4.69) is 30.9 Å². The van der Waals surface area contributed by atoms with E-state index in [0.717, 1.165) is 16.3 Å². The number of thioether (sulfide) groups is 1. The molecule has 0 spiro atoms. The van der Waals surface area contributed by atoms with E-state index in [4.69, 9.17) is 4.74 Å². The summed E-state index contributed by atoms with van der Waals surface area (Å²) in [5.74, 6) is 0.342. The van der Waals surface area contributed by atoms with E-state index in [0.29, 0.717) is 22.6 Å². The molecule has 9 nitrogen and oxygen atoms in total. The van der Waals surface area contributed by atoms with Crippen molar-refractivity contribution < 1.29 is 18.3 Å². The fourth-order valence-corrected chi connectivity index (χ4v) is 4.45. The van der Waals surface area contributed by atoms with Crippen molar-refractivity contribution in [3.8, 4) is 17.0 Å². The first-order chi connectivity index (χ1) is 15.5. The number of hydrogen-bond donors (Lipinski definition) is 3. The third-order valence-electron chi connectivity index (χ3n) is 4.87. The van der Waals surface area contributed by atoms with Gasteiger partial charge in [-0.25, -0.2) is 9.50 Å². The number of fused-ring (bicyclic) bond motifs is 2. The van der Waals surface area contributed by atoms with Crippen molar-refractivity contribution in [3.63, 3.8) is 0 Å². The van der Waals surface area contributed by atoms with Crippen LogP contribution in [0, 0.1) is 0 Å². The number of rotatable bonds is 5. The molecule has 5 rings (SSSR count). The maximum atomic E-state index is 13.1. The van der Waals surface area contributed by atoms with Gasteiger partial charge in [-0.05, 0) is 19.1 Å². The van der Waals surface area contributed by atoms with Crippen molar-refractivity contribution in [1.29, 1.82) is 0 Å². The van der Waals surface area contributed by atoms with Gasteiger partial charge in [-0.3, -0.25) is 9.89 Å². The number of alkyl halides is 2. The number of hydrogen-bond acceptors (Lipinski definition) is 7. The maximum Gasteiger partial charge on any atom is 0.387 e. The summed E-state index contributed by atoms with van der Waals surface area (Å²) in [6.45, 7) is -0.999. The van der Waals surface area contributed by atoms with E-state index >= 15 is 0 Å². The van der Waals surface area contributed by atoms with Crippen LogP contribution >= 0.6 is 11.8 Å². The minimum Gasteiger partial charge on any atom is -0.434 e. The molecule has 4 aromatic rings. The lowest BCUT2D eigenvalue weighted by Gasteiger charge is -2.25. The summed E-state index contributed by atoms with van der Waals surface area (Å²) < 4.78 is 32.5. The molecule has 4 heterocycles. The summed E-state index contributed by atoms with van der Waals surface area (Å²) in [5, 5.41) is 16.9. The molecular weight excluding hydrogens is 440 g/mol. The molecule has 3 aromatic heterocycles. The van der Waals surface area contributed by atoms with E-state index in [9.17, 15) is 13.6 Å². The second-order valence-corrected chi connectivity index (χ2v) is 8.20. The minimum absolute atomic E-state index is 0.0293. The van der Waals surface area contributed by atoms with Gasteiger partial charge in [0.25, 0.3) is 5.91 Å². The number of H-pyrrole nitrogens is 1. The van der Waals surface area contributed by atoms with E-state index in [1.54, 1.807) is 42.4 Å². The van der Waals surface area contributed by atoms with Crippen LogP contribution in [0.15, 0.2) is 47.9 Å². The van der Waals surface area contributed by atoms with Crippen molar-refractivity contribution in [1.82, 2.24) is 24.8 Å². The predicted molar refractivity (Wildman–Crippen MR) is 115 cm³/mol. The molecule has 0 aliphatic carbocycles. The van der Waals surface area contributed by atoms with Crippen LogP contribution in [0.1, 0.15) is 17.3 Å². The van der Waals surface area contributed by atoms with Gasteiger partial charge >= 0.3 is 6.61 Å². The summed E-state index contributed by atoms with van der Waals surface area (Å²) in [6.07, 6.45) is 6.05. The first-order valence-corrected chi connectivity index (χ1v) is 10.6. The zero-order chi connectivity index (χ0) is 22.2. The third kappa shape index (κ3) is 3.73. The molecule has 0 fully saturated rings. The van der Waals surface area contributed by atoms with E-state index < -0.39 is 12.5 Å². The average Bonchev–Trinajstić information content (AvgIpc) is 3.39. The molecule has 1 amide bonds. The lowest BCUT2D eigenvalue weighted by molar-refractivity contribution is -0.0494. The zero-order valence-corrected chi connectivity index (χ0v) is 17.5. The van der Waals surface area contributed by atoms with Gasteiger partial charge in [0.1, 0.15) is 11.3 Å². The van der Waals surface area contributed by atoms with E-state index in [1.165, 1.54) is 16.9 Å². The van der Waals surface area contributed by atoms with Crippen LogP contribution in [0.4, 0.5) is 20.2 Å². The second kappa shape index (κ2) is 8.11. The van der Waals surface area contributed by atoms with Gasteiger partial charge in [0.15, 0.2) is 5.65 Å². The number of anilines is 2. The first-order valence-electron chi connectivity index (χ1n) is 9.65. The molecule has 1 aliphatic heterocycles. The zero-order valence-electron chi connectivity index (χ0n) is 16.7. The number of nitrogens with zero attached hydrogens (tertiary/aromatic N) is 4. The largest absolute Gasteiger partial charge is 0.434 e. The Hall–Kier alpha value is -3.67. The lowest BCUT2D eigenvalue weighted by atomic mass is 10.1. The Morgan fingerprint density at radius 1 is 1.38 bits per heavy atom. The number of carbonyl (C=O) groups excluding carboxylic acids is 1. The van der Waals surface area contributed by atoms with Gasteiger partial charge in [0.2, 0.25) is 0 Å². The molecule has 1 aliphatic rings. The monoisotopic (exact) mass is 457 g/mol. The summed E-state index contributed by atoms with van der Waals surface area (Å²) >= 11 is 1.61. The van der Waals surface area contributed by atoms with Crippen molar-refractivity contribution in [2.75, 3.05) is 16.4 Å². The van der Waals surface area contributed by atoms with Crippen molar-refractivity contribution >= 4 is 34.7 Å². The summed E-state index contributed by atoms with van der Waals surface area (Å²) in [7, 11) is 0. The van der Waals surface area contributed by atoms with Crippen LogP contribution in [0.25, 0.3) is 16.9 Å². The van der Waals surface area contributed by atoms with Crippen LogP contribution in [-0.4, -0.2) is 49.1 Å². The van der Waals surface area contributed by atoms with Gasteiger partial charge in [-0.2, -0.15) is 19.0 Å². The Bertz CT molecular complexity index is 1310. The molecular formula is C20H17F2N7O2S. The molecule has 0 bridgehead atoms. The van der Waals surface area contributed by atoms with Gasteiger partial charge in [-0.1, -0.05) is 0 Å². The van der Waals surface area contributed by atoms with Crippen LogP contribution < -0.4 is 15.4 Å². The highest BCUT2D eigenvalue weighted by Crippen LogP contribution is 2.43. The molecule has 0 saturated heterocycles. The van der Waals surface area contributed by atoms with E-state index in [-0.39, 0.29) is 17.4 Å². The average molecular weight is 457 g/mol. The van der Waals surface area contributed by atoms with Gasteiger partial charge in [0, 0.05) is 40.7 Å². The molecule has 164 valence electrons. The number of ether oxygens (including phenoxy) is 1. The third-order valence-corrected chi connectivity index (χ3v) is 6.18. The molecule has 3 N–H and O–H groups in total. The first kappa shape index (κ1) is 20.2. The smallest absolute Gasteiger partial charge is 0.387 e. The quantitative estimate of drug-likeness (QED) is 0.417. The number of carbonyl (C=O) groups is 1. The minimum atomic E-state index is -3.01. The molecule has 1 atom stereocenters. The molecule has 12 heteroatoms. The number of halogens is 2. The number of aromatic nitrogens is 5. The fourth-order valence-electron chi connectivity index (χ4n) is 3.47. The topological polar surface area (TPSA) is 109 Å². The number of amides is 1. The van der Waals surface area contributed by atoms with Gasteiger partial charge in [0.05, 0.1) is 29.5 Å². The highest BCUT2D eigenvalue weighted by molar-refractivity contribution is 7.99. The Balaban J connectivity index is 1.52. The molecule has 1 unspecified atom stereocenters. The van der Waals surface area contributed by atoms with Crippen LogP contribution in [0.3, 0.4) is 0 Å². The number of benzene rings is 1. The molecule has 0 saturated carbocycles. The highest BCUT2D eigenvalue weighted by Gasteiger charge is 2.24. The Kier molecular flexibility index (Phi) is 5.13. The fraction of sp³-hybridized carbons (Fsp3) is 0.200. The number of aromatic amines is 1. The highest BCUT2D eigenvalue weighted by atomic mass is 32.2. The Morgan fingerprint density at radius 2 is 2.25 bits per heavy atom. The summed E-state index contributed by atoms with van der Waals surface area (Å²) in [4.78, 5) is 18.0. The van der Waals surface area contributed by atoms with E-state index in [1.807, 2.05) is 6.92 Å². The van der Waals surface area contributed by atoms with Crippen molar-refractivity contribution in [2.45, 2.75) is 24.5 Å². The molecule has 32 heavy (non-hydrogen) atoms. The Morgan fingerprint density at radius 3 is 3.09 bits per heavy atom. The summed E-state index contributed by atoms with van der Waals surface area (Å²) in [5.41, 5.74) is 2.39. The van der Waals surface area contributed by atoms with Crippen LogP contribution in [0.2, 0.25) is 0 Å². The predicted octanol–water partition coefficient (Wildman–Crippen LogP) is 3.88. The Labute approximate surface area is 184 Å². The van der Waals surface area contributed by atoms with Crippen LogP contribution in [-0.2, 0) is 0 Å². The molecule has 1 aromatic carbocycles. The van der Waals surface area contributed by atoms with Crippen molar-refractivity contribution in [2.24, 2.45) is 0 Å².